The van der Waals surface area contributed by atoms with E-state index in [0.717, 1.165) is 47.8 Å². The zero-order valence-corrected chi connectivity index (χ0v) is 18.4. The first kappa shape index (κ1) is 20.5. The summed E-state index contributed by atoms with van der Waals surface area (Å²) in [5.41, 5.74) is 1.16. The zero-order valence-electron chi connectivity index (χ0n) is 16.0. The van der Waals surface area contributed by atoms with Crippen LogP contribution < -0.4 is 5.32 Å². The minimum absolute atomic E-state index is 0.110. The van der Waals surface area contributed by atoms with Gasteiger partial charge in [0.2, 0.25) is 0 Å². The summed E-state index contributed by atoms with van der Waals surface area (Å²) in [5.74, 6) is 0.445. The van der Waals surface area contributed by atoms with E-state index in [-0.39, 0.29) is 5.91 Å². The van der Waals surface area contributed by atoms with Crippen molar-refractivity contribution in [1.82, 2.24) is 20.3 Å². The van der Waals surface area contributed by atoms with Crippen molar-refractivity contribution in [1.29, 1.82) is 0 Å². The normalized spacial score (nSPS) is 16.0. The van der Waals surface area contributed by atoms with E-state index in [1.54, 1.807) is 6.92 Å². The molecule has 1 fully saturated rings. The molecule has 8 heteroatoms. The van der Waals surface area contributed by atoms with Gasteiger partial charge in [-0.05, 0) is 60.9 Å². The lowest BCUT2D eigenvalue weighted by Gasteiger charge is -2.34. The molecule has 6 nitrogen and oxygen atoms in total. The highest BCUT2D eigenvalue weighted by molar-refractivity contribution is 9.11. The Hall–Kier alpha value is -1.22. The number of carbonyl (C=O) groups excluding carboxylic acids is 1. The van der Waals surface area contributed by atoms with Crippen molar-refractivity contribution in [2.75, 3.05) is 45.8 Å². The monoisotopic (exact) mass is 454 g/mol. The number of aromatic nitrogens is 1. The van der Waals surface area contributed by atoms with Crippen molar-refractivity contribution in [3.8, 4) is 10.6 Å². The van der Waals surface area contributed by atoms with Crippen molar-refractivity contribution >= 4 is 33.2 Å². The molecule has 0 unspecified atom stereocenters. The van der Waals surface area contributed by atoms with E-state index in [2.05, 4.69) is 43.1 Å². The zero-order chi connectivity index (χ0) is 19.2. The Kier molecular flexibility index (Phi) is 7.46. The topological polar surface area (TPSA) is 61.6 Å². The van der Waals surface area contributed by atoms with Gasteiger partial charge in [-0.2, -0.15) is 0 Å². The predicted molar refractivity (Wildman–Crippen MR) is 112 cm³/mol. The second kappa shape index (κ2) is 9.82. The predicted octanol–water partition coefficient (Wildman–Crippen LogP) is 3.62. The maximum atomic E-state index is 12.7. The molecule has 0 saturated carbocycles. The van der Waals surface area contributed by atoms with E-state index in [1.807, 2.05) is 12.1 Å². The number of halogens is 1. The Bertz CT molecular complexity index is 753. The SMILES string of the molecule is CCCN1CCN(CCCNC(=O)c2c(-c3ccc(Br)s3)noc2C)CC1. The number of hydrogen-bond acceptors (Lipinski definition) is 6. The first-order valence-electron chi connectivity index (χ1n) is 9.53. The molecule has 0 aromatic carbocycles. The summed E-state index contributed by atoms with van der Waals surface area (Å²) in [4.78, 5) is 18.6. The molecule has 0 aliphatic carbocycles. The molecule has 3 rings (SSSR count). The maximum Gasteiger partial charge on any atom is 0.257 e. The molecule has 3 heterocycles. The summed E-state index contributed by atoms with van der Waals surface area (Å²) in [6, 6.07) is 3.90. The van der Waals surface area contributed by atoms with Crippen LogP contribution in [0, 0.1) is 6.92 Å². The molecule has 2 aromatic rings. The van der Waals surface area contributed by atoms with Gasteiger partial charge in [0.25, 0.3) is 5.91 Å². The van der Waals surface area contributed by atoms with Crippen molar-refractivity contribution in [2.24, 2.45) is 0 Å². The number of carbonyl (C=O) groups is 1. The number of piperazine rings is 1. The summed E-state index contributed by atoms with van der Waals surface area (Å²) < 4.78 is 6.28. The fourth-order valence-electron chi connectivity index (χ4n) is 3.40. The smallest absolute Gasteiger partial charge is 0.257 e. The van der Waals surface area contributed by atoms with Crippen molar-refractivity contribution < 1.29 is 9.32 Å². The highest BCUT2D eigenvalue weighted by Crippen LogP contribution is 2.33. The molecule has 2 aromatic heterocycles. The molecule has 0 spiro atoms. The van der Waals surface area contributed by atoms with Crippen molar-refractivity contribution in [3.05, 3.63) is 27.2 Å². The fraction of sp³-hybridized carbons (Fsp3) is 0.579. The summed E-state index contributed by atoms with van der Waals surface area (Å²) in [6.45, 7) is 11.4. The van der Waals surface area contributed by atoms with Crippen LogP contribution in [-0.4, -0.2) is 66.7 Å². The second-order valence-corrected chi connectivity index (χ2v) is 9.32. The lowest BCUT2D eigenvalue weighted by Crippen LogP contribution is -2.47. The third-order valence-corrected chi connectivity index (χ3v) is 6.47. The van der Waals surface area contributed by atoms with Crippen molar-refractivity contribution in [2.45, 2.75) is 26.7 Å². The number of nitrogens with one attached hydrogen (secondary N) is 1. The maximum absolute atomic E-state index is 12.7. The first-order valence-corrected chi connectivity index (χ1v) is 11.1. The average Bonchev–Trinajstić information content (AvgIpc) is 3.25. The molecule has 0 radical (unpaired) electrons. The molecule has 0 atom stereocenters. The Balaban J connectivity index is 1.46. The van der Waals surface area contributed by atoms with Crippen LogP contribution in [-0.2, 0) is 0 Å². The number of amides is 1. The molecule has 1 N–H and O–H groups in total. The highest BCUT2D eigenvalue weighted by atomic mass is 79.9. The van der Waals surface area contributed by atoms with Crippen LogP contribution in [0.5, 0.6) is 0 Å². The van der Waals surface area contributed by atoms with Crippen LogP contribution in [0.1, 0.15) is 35.9 Å². The molecule has 148 valence electrons. The van der Waals surface area contributed by atoms with Crippen LogP contribution in [0.4, 0.5) is 0 Å². The lowest BCUT2D eigenvalue weighted by molar-refractivity contribution is 0.0947. The van der Waals surface area contributed by atoms with Crippen LogP contribution in [0.2, 0.25) is 0 Å². The van der Waals surface area contributed by atoms with Crippen LogP contribution in [0.25, 0.3) is 10.6 Å². The van der Waals surface area contributed by atoms with Gasteiger partial charge in [0.15, 0.2) is 0 Å². The van der Waals surface area contributed by atoms with E-state index in [9.17, 15) is 4.79 Å². The number of rotatable bonds is 8. The lowest BCUT2D eigenvalue weighted by atomic mass is 10.1. The number of nitrogens with zero attached hydrogens (tertiary/aromatic N) is 3. The second-order valence-electron chi connectivity index (χ2n) is 6.86. The Morgan fingerprint density at radius 3 is 2.59 bits per heavy atom. The van der Waals surface area contributed by atoms with Gasteiger partial charge in [-0.3, -0.25) is 4.79 Å². The van der Waals surface area contributed by atoms with Gasteiger partial charge in [0.05, 0.1) is 8.66 Å². The minimum Gasteiger partial charge on any atom is -0.360 e. The van der Waals surface area contributed by atoms with Crippen LogP contribution in [0.3, 0.4) is 0 Å². The first-order chi connectivity index (χ1) is 13.1. The van der Waals surface area contributed by atoms with Crippen LogP contribution >= 0.6 is 27.3 Å². The summed E-state index contributed by atoms with van der Waals surface area (Å²) >= 11 is 4.99. The number of hydrogen-bond donors (Lipinski definition) is 1. The molecule has 1 saturated heterocycles. The van der Waals surface area contributed by atoms with E-state index >= 15 is 0 Å². The van der Waals surface area contributed by atoms with Gasteiger partial charge in [-0.25, -0.2) is 0 Å². The van der Waals surface area contributed by atoms with E-state index in [1.165, 1.54) is 24.3 Å². The summed E-state index contributed by atoms with van der Waals surface area (Å²) in [6.07, 6.45) is 2.17. The van der Waals surface area contributed by atoms with Crippen molar-refractivity contribution in [3.63, 3.8) is 0 Å². The van der Waals surface area contributed by atoms with E-state index < -0.39 is 0 Å². The van der Waals surface area contributed by atoms with Gasteiger partial charge in [-0.15, -0.1) is 11.3 Å². The fourth-order valence-corrected chi connectivity index (χ4v) is 4.77. The summed E-state index contributed by atoms with van der Waals surface area (Å²) in [7, 11) is 0. The van der Waals surface area contributed by atoms with Gasteiger partial charge in [0, 0.05) is 32.7 Å². The standard InChI is InChI=1S/C19H27BrN4O2S/c1-3-8-23-10-12-24(13-11-23)9-4-7-21-19(25)17-14(2)26-22-18(17)15-5-6-16(20)27-15/h5-6H,3-4,7-13H2,1-2H3,(H,21,25). The van der Waals surface area contributed by atoms with Gasteiger partial charge < -0.3 is 19.6 Å². The van der Waals surface area contributed by atoms with Gasteiger partial charge in [0.1, 0.15) is 17.0 Å². The Labute approximate surface area is 173 Å². The Morgan fingerprint density at radius 1 is 1.26 bits per heavy atom. The van der Waals surface area contributed by atoms with E-state index in [4.69, 9.17) is 4.52 Å². The third kappa shape index (κ3) is 5.40. The average molecular weight is 455 g/mol. The molecular weight excluding hydrogens is 428 g/mol. The highest BCUT2D eigenvalue weighted by Gasteiger charge is 2.22. The molecule has 0 bridgehead atoms. The third-order valence-electron chi connectivity index (χ3n) is 4.84. The number of thiophene rings is 1. The quantitative estimate of drug-likeness (QED) is 0.617. The van der Waals surface area contributed by atoms with Gasteiger partial charge in [-0.1, -0.05) is 12.1 Å². The molecule has 27 heavy (non-hydrogen) atoms. The summed E-state index contributed by atoms with van der Waals surface area (Å²) in [5, 5.41) is 7.11. The van der Waals surface area contributed by atoms with Gasteiger partial charge >= 0.3 is 0 Å². The molecule has 1 amide bonds. The Morgan fingerprint density at radius 2 is 1.96 bits per heavy atom. The molecule has 1 aliphatic heterocycles. The van der Waals surface area contributed by atoms with Crippen LogP contribution in [0.15, 0.2) is 20.4 Å². The largest absolute Gasteiger partial charge is 0.360 e. The molecular formula is C19H27BrN4O2S. The minimum atomic E-state index is -0.110. The molecule has 1 aliphatic rings. The number of aryl methyl sites for hydroxylation is 1. The van der Waals surface area contributed by atoms with E-state index in [0.29, 0.717) is 23.6 Å².